The molecule has 0 aliphatic heterocycles. The van der Waals surface area contributed by atoms with Gasteiger partial charge in [0.1, 0.15) is 0 Å². The predicted molar refractivity (Wildman–Crippen MR) is 81.8 cm³/mol. The molecule has 0 aliphatic carbocycles. The molecule has 2 heterocycles. The monoisotopic (exact) mass is 263 g/mol. The number of pyridine rings is 1. The van der Waals surface area contributed by atoms with E-state index in [1.54, 1.807) is 7.11 Å². The number of fused-ring (bicyclic) bond motifs is 1. The molecule has 0 saturated carbocycles. The first-order chi connectivity index (χ1) is 9.83. The summed E-state index contributed by atoms with van der Waals surface area (Å²) in [7, 11) is 1.66. The second-order valence-corrected chi connectivity index (χ2v) is 4.41. The van der Waals surface area contributed by atoms with Crippen LogP contribution in [0.1, 0.15) is 5.56 Å². The van der Waals surface area contributed by atoms with Crippen molar-refractivity contribution in [1.29, 1.82) is 0 Å². The van der Waals surface area contributed by atoms with E-state index in [1.165, 1.54) is 0 Å². The quantitative estimate of drug-likeness (QED) is 0.681. The maximum absolute atomic E-state index is 5.40. The summed E-state index contributed by atoms with van der Waals surface area (Å²) < 4.78 is 7.38. The molecule has 0 fully saturated rings. The van der Waals surface area contributed by atoms with E-state index in [0.29, 0.717) is 0 Å². The average molecular weight is 263 g/mol. The van der Waals surface area contributed by atoms with Gasteiger partial charge in [0.05, 0.1) is 0 Å². The van der Waals surface area contributed by atoms with Gasteiger partial charge >= 0.3 is 117 Å². The van der Waals surface area contributed by atoms with Gasteiger partial charge in [0.25, 0.3) is 0 Å². The van der Waals surface area contributed by atoms with Crippen LogP contribution in [0, 0.1) is 0 Å². The number of ether oxygens (including phenoxy) is 1. The molecular weight excluding hydrogens is 249 g/mol. The molecule has 0 saturated heterocycles. The molecular formula is C15H14BN3O. The van der Waals surface area contributed by atoms with Crippen LogP contribution in [0.25, 0.3) is 17.0 Å². The third kappa shape index (κ3) is 2.11. The molecule has 0 spiro atoms. The zero-order chi connectivity index (χ0) is 13.9. The zero-order valence-corrected chi connectivity index (χ0v) is 11.4. The van der Waals surface area contributed by atoms with Crippen LogP contribution in [-0.2, 0) is 0 Å². The Bertz CT molecular complexity index is 780. The Labute approximate surface area is 117 Å². The number of nitrogens with zero attached hydrogens (tertiary/aromatic N) is 3. The van der Waals surface area contributed by atoms with Crippen molar-refractivity contribution in [2.24, 2.45) is 0 Å². The summed E-state index contributed by atoms with van der Waals surface area (Å²) in [5.74, 6) is 3.62. The molecule has 98 valence electrons. The molecule has 3 aromatic rings. The first-order valence-corrected chi connectivity index (χ1v) is 6.44. The fourth-order valence-electron chi connectivity index (χ4n) is 2.21. The Morgan fingerprint density at radius 2 is 2.00 bits per heavy atom. The van der Waals surface area contributed by atoms with Gasteiger partial charge in [0.2, 0.25) is 0 Å². The van der Waals surface area contributed by atoms with E-state index in [0.717, 1.165) is 28.3 Å². The summed E-state index contributed by atoms with van der Waals surface area (Å²) in [4.78, 5) is 0. The van der Waals surface area contributed by atoms with Crippen molar-refractivity contribution < 1.29 is 4.74 Å². The number of methoxy groups -OCH3 is 1. The first-order valence-electron chi connectivity index (χ1n) is 6.44. The SMILES string of the molecule is CB=Cc1ccc2nnc(-c3ccccc3OC)n2c1. The van der Waals surface area contributed by atoms with Crippen molar-refractivity contribution in [3.05, 3.63) is 48.2 Å². The predicted octanol–water partition coefficient (Wildman–Crippen LogP) is 2.31. The van der Waals surface area contributed by atoms with Gasteiger partial charge in [-0.1, -0.05) is 0 Å². The summed E-state index contributed by atoms with van der Waals surface area (Å²) >= 11 is 0. The van der Waals surface area contributed by atoms with Crippen LogP contribution in [-0.4, -0.2) is 34.6 Å². The average Bonchev–Trinajstić information content (AvgIpc) is 2.90. The standard InChI is InChI=1S/C15H14BN3O/c1-16-9-11-7-8-14-17-18-15(19(14)10-11)12-5-3-4-6-13(12)20-2/h3-10H,1-2H3. The van der Waals surface area contributed by atoms with E-state index in [4.69, 9.17) is 4.74 Å². The summed E-state index contributed by atoms with van der Waals surface area (Å²) in [6.07, 6.45) is 2.02. The molecule has 1 aromatic carbocycles. The molecule has 0 amide bonds. The molecule has 3 rings (SSSR count). The van der Waals surface area contributed by atoms with Crippen molar-refractivity contribution in [1.82, 2.24) is 14.6 Å². The minimum atomic E-state index is 0.781. The number of benzene rings is 1. The van der Waals surface area contributed by atoms with Gasteiger partial charge < -0.3 is 0 Å². The Hall–Kier alpha value is -2.43. The third-order valence-electron chi connectivity index (χ3n) is 3.13. The van der Waals surface area contributed by atoms with Crippen LogP contribution >= 0.6 is 0 Å². The van der Waals surface area contributed by atoms with Crippen molar-refractivity contribution in [2.45, 2.75) is 6.82 Å². The van der Waals surface area contributed by atoms with Crippen LogP contribution in [0.4, 0.5) is 0 Å². The number of hydrogen-bond donors (Lipinski definition) is 0. The van der Waals surface area contributed by atoms with Gasteiger partial charge in [-0.2, -0.15) is 0 Å². The van der Waals surface area contributed by atoms with E-state index >= 15 is 0 Å². The third-order valence-corrected chi connectivity index (χ3v) is 3.13. The van der Waals surface area contributed by atoms with Crippen LogP contribution in [0.2, 0.25) is 6.82 Å². The first kappa shape index (κ1) is 12.6. The fourth-order valence-corrected chi connectivity index (χ4v) is 2.21. The summed E-state index contributed by atoms with van der Waals surface area (Å²) in [5.41, 5.74) is 2.86. The topological polar surface area (TPSA) is 39.4 Å². The maximum atomic E-state index is 5.40. The van der Waals surface area contributed by atoms with Crippen LogP contribution in [0.5, 0.6) is 5.75 Å². The van der Waals surface area contributed by atoms with E-state index in [9.17, 15) is 0 Å². The zero-order valence-electron chi connectivity index (χ0n) is 11.4. The number of hydrogen-bond acceptors (Lipinski definition) is 3. The van der Waals surface area contributed by atoms with Crippen molar-refractivity contribution >= 4 is 18.5 Å². The Kier molecular flexibility index (Phi) is 3.33. The van der Waals surface area contributed by atoms with Gasteiger partial charge in [-0.05, 0) is 0 Å². The van der Waals surface area contributed by atoms with Crippen LogP contribution < -0.4 is 4.74 Å². The molecule has 0 radical (unpaired) electrons. The van der Waals surface area contributed by atoms with Gasteiger partial charge in [-0.15, -0.1) is 0 Å². The van der Waals surface area contributed by atoms with Gasteiger partial charge in [-0.3, -0.25) is 0 Å². The molecule has 0 atom stereocenters. The molecule has 4 nitrogen and oxygen atoms in total. The van der Waals surface area contributed by atoms with E-state index in [-0.39, 0.29) is 0 Å². The fraction of sp³-hybridized carbons (Fsp3) is 0.133. The molecule has 0 bridgehead atoms. The molecule has 0 N–H and O–H groups in total. The Morgan fingerprint density at radius 3 is 2.80 bits per heavy atom. The molecule has 2 aromatic heterocycles. The molecule has 0 aliphatic rings. The Balaban J connectivity index is 2.23. The number of aromatic nitrogens is 3. The van der Waals surface area contributed by atoms with Gasteiger partial charge in [0, 0.05) is 0 Å². The molecule has 5 heteroatoms. The normalized spacial score (nSPS) is 10.9. The Morgan fingerprint density at radius 1 is 1.15 bits per heavy atom. The van der Waals surface area contributed by atoms with Crippen LogP contribution in [0.3, 0.4) is 0 Å². The second kappa shape index (κ2) is 5.29. The van der Waals surface area contributed by atoms with E-state index < -0.39 is 0 Å². The van der Waals surface area contributed by atoms with Gasteiger partial charge in [0.15, 0.2) is 0 Å². The summed E-state index contributed by atoms with van der Waals surface area (Å²) in [6, 6.07) is 11.8. The summed E-state index contributed by atoms with van der Waals surface area (Å²) in [5, 5.41) is 8.49. The minimum absolute atomic E-state index is 0.781. The van der Waals surface area contributed by atoms with Gasteiger partial charge in [-0.25, -0.2) is 0 Å². The number of para-hydroxylation sites is 1. The molecule has 0 unspecified atom stereocenters. The van der Waals surface area contributed by atoms with E-state index in [1.807, 2.05) is 66.7 Å². The summed E-state index contributed by atoms with van der Waals surface area (Å²) in [6.45, 7) is 4.01. The second-order valence-electron chi connectivity index (χ2n) is 4.41. The van der Waals surface area contributed by atoms with E-state index in [2.05, 4.69) is 10.2 Å². The molecule has 20 heavy (non-hydrogen) atoms. The van der Waals surface area contributed by atoms with Crippen molar-refractivity contribution in [3.8, 4) is 17.1 Å². The van der Waals surface area contributed by atoms with Crippen molar-refractivity contribution in [2.75, 3.05) is 7.11 Å². The van der Waals surface area contributed by atoms with Crippen molar-refractivity contribution in [3.63, 3.8) is 0 Å². The van der Waals surface area contributed by atoms with Crippen LogP contribution in [0.15, 0.2) is 42.6 Å². The number of rotatable bonds is 3.